The largest absolute Gasteiger partial charge is 0.466 e. The maximum Gasteiger partial charge on any atom is 0.333 e. The molecule has 36 heavy (non-hydrogen) atoms. The summed E-state index contributed by atoms with van der Waals surface area (Å²) in [5.74, 6) is -0.929. The van der Waals surface area contributed by atoms with E-state index in [-0.39, 0.29) is 38.1 Å². The normalized spacial score (nSPS) is 27.1. The molecule has 200 valence electrons. The molecular formula is C21H33N7O8. The topological polar surface area (TPSA) is 213 Å². The van der Waals surface area contributed by atoms with E-state index in [1.807, 2.05) is 6.92 Å². The Balaban J connectivity index is 0.000000360. The predicted octanol–water partition coefficient (Wildman–Crippen LogP) is 2.28. The monoisotopic (exact) mass is 511 g/mol. The van der Waals surface area contributed by atoms with Crippen molar-refractivity contribution in [2.24, 2.45) is 21.9 Å². The Morgan fingerprint density at radius 2 is 1.33 bits per heavy atom. The lowest BCUT2D eigenvalue weighted by Gasteiger charge is -2.31. The molecule has 0 bridgehead atoms. The molecule has 0 aromatic carbocycles. The number of azide groups is 2. The summed E-state index contributed by atoms with van der Waals surface area (Å²) in [5, 5.41) is 7.28. The number of nitrogens with two attached hydrogens (primary N) is 1. The van der Waals surface area contributed by atoms with Gasteiger partial charge in [-0.05, 0) is 42.0 Å². The Morgan fingerprint density at radius 3 is 1.81 bits per heavy atom. The molecule has 2 N–H and O–H groups in total. The quantitative estimate of drug-likeness (QED) is 0.149. The highest BCUT2D eigenvalue weighted by Gasteiger charge is 2.34. The fraction of sp³-hybridized carbons (Fsp3) is 0.714. The van der Waals surface area contributed by atoms with Gasteiger partial charge in [0.15, 0.2) is 0 Å². The maximum absolute atomic E-state index is 11.5. The summed E-state index contributed by atoms with van der Waals surface area (Å²) in [6, 6.07) is -1.39. The zero-order valence-corrected chi connectivity index (χ0v) is 21.0. The van der Waals surface area contributed by atoms with Gasteiger partial charge in [0, 0.05) is 47.3 Å². The van der Waals surface area contributed by atoms with Crippen LogP contribution in [0.4, 0.5) is 0 Å². The van der Waals surface area contributed by atoms with E-state index in [1.165, 1.54) is 28.4 Å². The summed E-state index contributed by atoms with van der Waals surface area (Å²) in [6.45, 7) is 2.06. The maximum atomic E-state index is 11.5. The Labute approximate surface area is 208 Å². The second kappa shape index (κ2) is 16.5. The summed E-state index contributed by atoms with van der Waals surface area (Å²) < 4.78 is 29.7. The first kappa shape index (κ1) is 30.9. The van der Waals surface area contributed by atoms with Gasteiger partial charge < -0.3 is 34.2 Å². The second-order valence-electron chi connectivity index (χ2n) is 7.83. The first-order chi connectivity index (χ1) is 17.3. The summed E-state index contributed by atoms with van der Waals surface area (Å²) in [7, 11) is 5.59. The summed E-state index contributed by atoms with van der Waals surface area (Å²) in [4.78, 5) is 28.5. The Kier molecular flexibility index (Phi) is 14.1. The lowest BCUT2D eigenvalue weighted by atomic mass is 9.84. The summed E-state index contributed by atoms with van der Waals surface area (Å²) >= 11 is 0. The van der Waals surface area contributed by atoms with Crippen molar-refractivity contribution < 1.29 is 38.0 Å². The van der Waals surface area contributed by atoms with Gasteiger partial charge in [0.05, 0.1) is 32.5 Å². The minimum atomic E-state index is -0.553. The minimum Gasteiger partial charge on any atom is -0.466 e. The van der Waals surface area contributed by atoms with Gasteiger partial charge in [-0.2, -0.15) is 0 Å². The molecule has 0 aromatic rings. The average Bonchev–Trinajstić information content (AvgIpc) is 2.89. The number of methoxy groups -OCH3 is 4. The zero-order chi connectivity index (χ0) is 27.1. The third-order valence-electron chi connectivity index (χ3n) is 5.59. The van der Waals surface area contributed by atoms with Gasteiger partial charge in [0.1, 0.15) is 13.6 Å². The molecule has 0 fully saturated rings. The Hall–Kier alpha value is -3.16. The van der Waals surface area contributed by atoms with E-state index < -0.39 is 30.1 Å². The molecule has 0 amide bonds. The van der Waals surface area contributed by atoms with E-state index in [2.05, 4.69) is 29.5 Å². The van der Waals surface area contributed by atoms with Crippen molar-refractivity contribution in [1.29, 1.82) is 0 Å². The first-order valence-corrected chi connectivity index (χ1v) is 10.9. The van der Waals surface area contributed by atoms with Crippen LogP contribution in [0, 0.1) is 5.92 Å². The third-order valence-corrected chi connectivity index (χ3v) is 5.59. The SMILES string of the molecule is COCOC1C=C(C(=O)OC)CC(N=[N+]=[N-])C1N.COCOC1C=C(C(=O)OC)CC(N=[N+]=[N-])[C@H]1C. The summed E-state index contributed by atoms with van der Waals surface area (Å²) in [6.07, 6.45) is 3.01. The lowest BCUT2D eigenvalue weighted by molar-refractivity contribution is -0.137. The summed E-state index contributed by atoms with van der Waals surface area (Å²) in [5.41, 5.74) is 23.8. The number of hydrogen-bond donors (Lipinski definition) is 1. The van der Waals surface area contributed by atoms with Gasteiger partial charge in [0.25, 0.3) is 0 Å². The van der Waals surface area contributed by atoms with Crippen molar-refractivity contribution >= 4 is 11.9 Å². The molecule has 0 saturated heterocycles. The molecule has 0 aliphatic heterocycles. The molecular weight excluding hydrogens is 478 g/mol. The molecule has 6 atom stereocenters. The number of hydrogen-bond acceptors (Lipinski definition) is 11. The molecule has 2 aliphatic carbocycles. The fourth-order valence-electron chi connectivity index (χ4n) is 3.62. The van der Waals surface area contributed by atoms with Crippen LogP contribution in [0.5, 0.6) is 0 Å². The van der Waals surface area contributed by atoms with Crippen LogP contribution >= 0.6 is 0 Å². The van der Waals surface area contributed by atoms with Gasteiger partial charge in [-0.25, -0.2) is 9.59 Å². The number of rotatable bonds is 10. The van der Waals surface area contributed by atoms with Crippen molar-refractivity contribution in [3.8, 4) is 0 Å². The Morgan fingerprint density at radius 1 is 0.889 bits per heavy atom. The van der Waals surface area contributed by atoms with E-state index in [1.54, 1.807) is 12.2 Å². The van der Waals surface area contributed by atoms with Crippen LogP contribution in [-0.2, 0) is 38.0 Å². The van der Waals surface area contributed by atoms with Crippen molar-refractivity contribution in [3.63, 3.8) is 0 Å². The standard InChI is InChI=1S/C11H17N3O4.C10H16N4O4/c1-7-9(13-14-12)4-8(11(15)17-3)5-10(7)18-6-16-2;1-16-5-18-8-4-6(10(15)17-2)3-7(9(8)11)13-14-12/h5,7,9-10H,4,6H2,1-3H3;4,7-9H,3,5,11H2,1-2H3/t7-,9?,10?;/m1./s1. The molecule has 2 aliphatic rings. The average molecular weight is 512 g/mol. The van der Waals surface area contributed by atoms with E-state index in [4.69, 9.17) is 35.7 Å². The van der Waals surface area contributed by atoms with Crippen molar-refractivity contribution in [1.82, 2.24) is 0 Å². The van der Waals surface area contributed by atoms with E-state index in [0.717, 1.165) is 0 Å². The lowest BCUT2D eigenvalue weighted by Crippen LogP contribution is -2.48. The number of carbonyl (C=O) groups is 2. The molecule has 0 saturated carbocycles. The molecule has 0 spiro atoms. The Bertz CT molecular complexity index is 827. The molecule has 2 rings (SSSR count). The number of nitrogens with zero attached hydrogens (tertiary/aromatic N) is 6. The van der Waals surface area contributed by atoms with E-state index in [9.17, 15) is 9.59 Å². The third kappa shape index (κ3) is 9.13. The predicted molar refractivity (Wildman–Crippen MR) is 126 cm³/mol. The van der Waals surface area contributed by atoms with Gasteiger partial charge in [-0.15, -0.1) is 0 Å². The van der Waals surface area contributed by atoms with Crippen LogP contribution in [-0.4, -0.2) is 84.3 Å². The zero-order valence-electron chi connectivity index (χ0n) is 21.0. The first-order valence-electron chi connectivity index (χ1n) is 10.9. The molecule has 15 nitrogen and oxygen atoms in total. The highest BCUT2D eigenvalue weighted by Crippen LogP contribution is 2.29. The van der Waals surface area contributed by atoms with E-state index in [0.29, 0.717) is 17.6 Å². The minimum absolute atomic E-state index is 0.0237. The van der Waals surface area contributed by atoms with Crippen molar-refractivity contribution in [2.75, 3.05) is 42.0 Å². The van der Waals surface area contributed by atoms with Crippen LogP contribution in [0.15, 0.2) is 33.5 Å². The van der Waals surface area contributed by atoms with Gasteiger partial charge in [-0.1, -0.05) is 17.2 Å². The highest BCUT2D eigenvalue weighted by atomic mass is 16.7. The number of ether oxygens (including phenoxy) is 6. The fourth-order valence-corrected chi connectivity index (χ4v) is 3.62. The van der Waals surface area contributed by atoms with Crippen molar-refractivity contribution in [2.45, 2.75) is 50.1 Å². The molecule has 0 aromatic heterocycles. The van der Waals surface area contributed by atoms with Gasteiger partial charge >= 0.3 is 11.9 Å². The van der Waals surface area contributed by atoms with Crippen LogP contribution in [0.25, 0.3) is 20.9 Å². The van der Waals surface area contributed by atoms with E-state index >= 15 is 0 Å². The second-order valence-corrected chi connectivity index (χ2v) is 7.83. The van der Waals surface area contributed by atoms with Crippen LogP contribution < -0.4 is 5.73 Å². The van der Waals surface area contributed by atoms with Crippen molar-refractivity contribution in [3.05, 3.63) is 44.2 Å². The highest BCUT2D eigenvalue weighted by molar-refractivity contribution is 5.89. The van der Waals surface area contributed by atoms with Crippen LogP contribution in [0.3, 0.4) is 0 Å². The number of esters is 2. The molecule has 0 radical (unpaired) electrons. The number of carbonyl (C=O) groups excluding carboxylic acids is 2. The smallest absolute Gasteiger partial charge is 0.333 e. The molecule has 15 heteroatoms. The van der Waals surface area contributed by atoms with Crippen LogP contribution in [0.2, 0.25) is 0 Å². The molecule has 5 unspecified atom stereocenters. The van der Waals surface area contributed by atoms with Gasteiger partial charge in [-0.3, -0.25) is 0 Å². The molecule has 0 heterocycles. The van der Waals surface area contributed by atoms with Crippen LogP contribution in [0.1, 0.15) is 19.8 Å². The van der Waals surface area contributed by atoms with Gasteiger partial charge in [0.2, 0.25) is 0 Å².